The molecule has 0 heterocycles. The van der Waals surface area contributed by atoms with E-state index >= 15 is 0 Å². The number of hydrogen-bond acceptors (Lipinski definition) is 4. The number of phosphoric ester groups is 1. The van der Waals surface area contributed by atoms with Crippen molar-refractivity contribution in [2.24, 2.45) is 0 Å². The van der Waals surface area contributed by atoms with Crippen LogP contribution in [0.5, 0.6) is 0 Å². The second kappa shape index (κ2) is 43.1. The highest BCUT2D eigenvalue weighted by Crippen LogP contribution is 2.36. The summed E-state index contributed by atoms with van der Waals surface area (Å²) in [6.45, 7) is 4.16. The van der Waals surface area contributed by atoms with E-state index in [-0.39, 0.29) is 5.91 Å². The molecule has 0 aromatic carbocycles. The van der Waals surface area contributed by atoms with Crippen LogP contribution < -0.4 is 5.32 Å². The Labute approximate surface area is 342 Å². The molecule has 0 rings (SSSR count). The molecule has 0 aliphatic carbocycles. The minimum absolute atomic E-state index is 0.187. The molecular weight excluding hydrogens is 705 g/mol. The van der Waals surface area contributed by atoms with Crippen molar-refractivity contribution < 1.29 is 28.8 Å². The number of phosphoric acid groups is 1. The molecule has 0 radical (unpaired) electrons. The Morgan fingerprint density at radius 3 is 0.982 bits per heavy atom. The summed E-state index contributed by atoms with van der Waals surface area (Å²) >= 11 is 0. The average Bonchev–Trinajstić information content (AvgIpc) is 3.16. The lowest BCUT2D eigenvalue weighted by Gasteiger charge is -2.24. The third kappa shape index (κ3) is 44.5. The van der Waals surface area contributed by atoms with E-state index in [4.69, 9.17) is 0 Å². The molecule has 4 N–H and O–H groups in total. The summed E-state index contributed by atoms with van der Waals surface area (Å²) in [7, 11) is -4.69. The Morgan fingerprint density at radius 1 is 0.455 bits per heavy atom. The maximum Gasteiger partial charge on any atom is 0.469 e. The van der Waals surface area contributed by atoms with Gasteiger partial charge in [-0.1, -0.05) is 258 Å². The minimum atomic E-state index is -4.69. The van der Waals surface area contributed by atoms with Gasteiger partial charge in [0.25, 0.3) is 0 Å². The first-order valence-electron chi connectivity index (χ1n) is 24.5. The van der Waals surface area contributed by atoms with Crippen LogP contribution in [0.4, 0.5) is 0 Å². The summed E-state index contributed by atoms with van der Waals surface area (Å²) in [4.78, 5) is 31.0. The van der Waals surface area contributed by atoms with Crippen LogP contribution in [0, 0.1) is 0 Å². The largest absolute Gasteiger partial charge is 0.469 e. The summed E-state index contributed by atoms with van der Waals surface area (Å²) in [5.74, 6) is -0.187. The van der Waals surface area contributed by atoms with E-state index in [0.29, 0.717) is 12.8 Å². The number of aliphatic hydroxyl groups is 1. The normalized spacial score (nSPS) is 13.0. The predicted molar refractivity (Wildman–Crippen MR) is 237 cm³/mol. The fourth-order valence-corrected chi connectivity index (χ4v) is 8.23. The monoisotopic (exact) mass is 802 g/mol. The number of amides is 1. The smallest absolute Gasteiger partial charge is 0.391 e. The second-order valence-corrected chi connectivity index (χ2v) is 18.4. The summed E-state index contributed by atoms with van der Waals surface area (Å²) in [5, 5.41) is 13.6. The quantitative estimate of drug-likeness (QED) is 0.0360. The van der Waals surface area contributed by atoms with E-state index < -0.39 is 26.6 Å². The van der Waals surface area contributed by atoms with E-state index in [1.54, 1.807) is 0 Å². The van der Waals surface area contributed by atoms with Crippen LogP contribution in [0.3, 0.4) is 0 Å². The molecule has 0 saturated heterocycles. The molecule has 330 valence electrons. The number of carbonyl (C=O) groups excluding carboxylic acids is 1. The van der Waals surface area contributed by atoms with Crippen molar-refractivity contribution in [3.8, 4) is 0 Å². The molecule has 0 fully saturated rings. The Hall–Kier alpha value is -0.460. The summed E-state index contributed by atoms with van der Waals surface area (Å²) in [5.41, 5.74) is 0. The zero-order chi connectivity index (χ0) is 40.3. The summed E-state index contributed by atoms with van der Waals surface area (Å²) in [6, 6.07) is -0.818. The highest BCUT2D eigenvalue weighted by atomic mass is 31.2. The van der Waals surface area contributed by atoms with Crippen LogP contribution in [-0.2, 0) is 13.9 Å². The number of nitrogens with one attached hydrogen (secondary N) is 1. The lowest BCUT2D eigenvalue weighted by Crippen LogP contribution is -2.46. The van der Waals surface area contributed by atoms with Gasteiger partial charge in [0.05, 0.1) is 18.8 Å². The van der Waals surface area contributed by atoms with E-state index in [0.717, 1.165) is 38.5 Å². The van der Waals surface area contributed by atoms with Crippen molar-refractivity contribution in [1.82, 2.24) is 5.32 Å². The van der Waals surface area contributed by atoms with Crippen molar-refractivity contribution in [1.29, 1.82) is 0 Å². The highest BCUT2D eigenvalue weighted by Gasteiger charge is 2.25. The average molecular weight is 802 g/mol. The Bertz CT molecular complexity index is 823. The number of rotatable bonds is 46. The third-order valence-electron chi connectivity index (χ3n) is 11.6. The first-order chi connectivity index (χ1) is 26.8. The van der Waals surface area contributed by atoms with Gasteiger partial charge in [-0.25, -0.2) is 4.57 Å². The summed E-state index contributed by atoms with van der Waals surface area (Å²) < 4.78 is 16.0. The minimum Gasteiger partial charge on any atom is -0.391 e. The molecule has 0 aliphatic heterocycles. The van der Waals surface area contributed by atoms with Gasteiger partial charge in [-0.3, -0.25) is 9.32 Å². The molecular formula is C47H96NO6P. The lowest BCUT2D eigenvalue weighted by molar-refractivity contribution is -0.123. The molecule has 0 aromatic heterocycles. The second-order valence-electron chi connectivity index (χ2n) is 17.1. The SMILES string of the molecule is CCCCCCCCCCCCCCCCCCCCCCCCCCCC(=O)N[C@@H](COP(=O)(O)O)[C@H](O)CCCCCCCCCCCCCCCC. The lowest BCUT2D eigenvalue weighted by atomic mass is 10.0. The predicted octanol–water partition coefficient (Wildman–Crippen LogP) is 15.0. The molecule has 0 unspecified atom stereocenters. The zero-order valence-corrected chi connectivity index (χ0v) is 37.8. The van der Waals surface area contributed by atoms with Gasteiger partial charge >= 0.3 is 7.82 Å². The van der Waals surface area contributed by atoms with Gasteiger partial charge in [0.15, 0.2) is 0 Å². The Balaban J connectivity index is 3.73. The van der Waals surface area contributed by atoms with Gasteiger partial charge in [0, 0.05) is 6.42 Å². The van der Waals surface area contributed by atoms with Crippen molar-refractivity contribution in [3.05, 3.63) is 0 Å². The molecule has 8 heteroatoms. The van der Waals surface area contributed by atoms with Gasteiger partial charge < -0.3 is 20.2 Å². The number of aliphatic hydroxyl groups excluding tert-OH is 1. The molecule has 2 atom stereocenters. The first kappa shape index (κ1) is 54.5. The van der Waals surface area contributed by atoms with Gasteiger partial charge in [-0.2, -0.15) is 0 Å². The maximum absolute atomic E-state index is 12.6. The fraction of sp³-hybridized carbons (Fsp3) is 0.979. The van der Waals surface area contributed by atoms with Crippen molar-refractivity contribution in [2.45, 2.75) is 289 Å². The Morgan fingerprint density at radius 2 is 0.709 bits per heavy atom. The number of hydrogen-bond donors (Lipinski definition) is 4. The van der Waals surface area contributed by atoms with Gasteiger partial charge in [0.1, 0.15) is 0 Å². The molecule has 0 bridgehead atoms. The van der Waals surface area contributed by atoms with Crippen LogP contribution in [-0.4, -0.2) is 39.6 Å². The van der Waals surface area contributed by atoms with Gasteiger partial charge in [-0.05, 0) is 12.8 Å². The van der Waals surface area contributed by atoms with E-state index in [1.165, 1.54) is 212 Å². The van der Waals surface area contributed by atoms with Gasteiger partial charge in [-0.15, -0.1) is 0 Å². The van der Waals surface area contributed by atoms with Crippen LogP contribution in [0.2, 0.25) is 0 Å². The van der Waals surface area contributed by atoms with Crippen LogP contribution >= 0.6 is 7.82 Å². The maximum atomic E-state index is 12.6. The molecule has 0 aromatic rings. The van der Waals surface area contributed by atoms with Crippen molar-refractivity contribution in [2.75, 3.05) is 6.61 Å². The molecule has 0 saturated carbocycles. The molecule has 0 spiro atoms. The van der Waals surface area contributed by atoms with Crippen LogP contribution in [0.15, 0.2) is 0 Å². The van der Waals surface area contributed by atoms with E-state index in [2.05, 4.69) is 23.7 Å². The number of unbranched alkanes of at least 4 members (excludes halogenated alkanes) is 37. The molecule has 1 amide bonds. The topological polar surface area (TPSA) is 116 Å². The number of carbonyl (C=O) groups is 1. The summed E-state index contributed by atoms with van der Waals surface area (Å²) in [6.07, 6.45) is 51.1. The standard InChI is InChI=1S/C47H96NO6P/c1-3-5-7-9-11-13-15-17-19-20-21-22-23-24-25-26-27-28-29-31-33-35-37-39-41-43-47(50)48-45(44-54-55(51,52)53)46(49)42-40-38-36-34-32-30-18-16-14-12-10-8-6-4-2/h45-46,49H,3-44H2,1-2H3,(H,48,50)(H2,51,52,53)/t45-,46+/m0/s1. The fourth-order valence-electron chi connectivity index (χ4n) is 7.88. The first-order valence-corrected chi connectivity index (χ1v) is 26.0. The van der Waals surface area contributed by atoms with Crippen LogP contribution in [0.1, 0.15) is 277 Å². The van der Waals surface area contributed by atoms with E-state index in [9.17, 15) is 24.3 Å². The zero-order valence-electron chi connectivity index (χ0n) is 36.9. The van der Waals surface area contributed by atoms with E-state index in [1.807, 2.05) is 0 Å². The molecule has 7 nitrogen and oxygen atoms in total. The van der Waals surface area contributed by atoms with Gasteiger partial charge in [0.2, 0.25) is 5.91 Å². The molecule has 55 heavy (non-hydrogen) atoms. The molecule has 0 aliphatic rings. The van der Waals surface area contributed by atoms with Crippen LogP contribution in [0.25, 0.3) is 0 Å². The van der Waals surface area contributed by atoms with Crippen molar-refractivity contribution >= 4 is 13.7 Å². The Kier molecular flexibility index (Phi) is 42.8. The van der Waals surface area contributed by atoms with Crippen molar-refractivity contribution in [3.63, 3.8) is 0 Å². The third-order valence-corrected chi connectivity index (χ3v) is 12.1. The highest BCUT2D eigenvalue weighted by molar-refractivity contribution is 7.46.